The molecule has 4 nitrogen and oxygen atoms in total. The number of nitrogens with zero attached hydrogens (tertiary/aromatic N) is 1. The van der Waals surface area contributed by atoms with Crippen molar-refractivity contribution in [2.75, 3.05) is 36.5 Å². The van der Waals surface area contributed by atoms with E-state index in [0.29, 0.717) is 13.2 Å². The summed E-state index contributed by atoms with van der Waals surface area (Å²) in [5, 5.41) is 3.51. The molecule has 0 radical (unpaired) electrons. The summed E-state index contributed by atoms with van der Waals surface area (Å²) in [5.74, 6) is 0.898. The molecule has 0 aromatic heterocycles. The third-order valence-electron chi connectivity index (χ3n) is 4.99. The number of ether oxygens (including phenoxy) is 2. The van der Waals surface area contributed by atoms with Crippen molar-refractivity contribution in [2.45, 2.75) is 13.2 Å². The maximum absolute atomic E-state index is 6.09. The Morgan fingerprint density at radius 1 is 0.931 bits per heavy atom. The van der Waals surface area contributed by atoms with Crippen LogP contribution < -0.4 is 15.0 Å². The molecule has 1 aliphatic rings. The standard InChI is InChI=1S/C24H25BrN2O2/c25-21-6-11-24(29-18-19-4-2-1-3-5-19)20(16-21)17-26-22-7-9-23(10-8-22)27-12-14-28-15-13-27/h1-11,16,26H,12-15,17-18H2. The molecule has 1 fully saturated rings. The highest BCUT2D eigenvalue weighted by Crippen LogP contribution is 2.26. The highest BCUT2D eigenvalue weighted by atomic mass is 79.9. The number of nitrogens with one attached hydrogen (secondary N) is 1. The number of hydrogen-bond donors (Lipinski definition) is 1. The average Bonchev–Trinajstić information content (AvgIpc) is 2.79. The number of benzene rings is 3. The zero-order chi connectivity index (χ0) is 19.9. The molecule has 1 saturated heterocycles. The maximum atomic E-state index is 6.09. The lowest BCUT2D eigenvalue weighted by atomic mass is 10.2. The summed E-state index contributed by atoms with van der Waals surface area (Å²) in [7, 11) is 0. The Labute approximate surface area is 180 Å². The van der Waals surface area contributed by atoms with Gasteiger partial charge in [-0.3, -0.25) is 0 Å². The zero-order valence-corrected chi connectivity index (χ0v) is 17.9. The third-order valence-corrected chi connectivity index (χ3v) is 5.48. The van der Waals surface area contributed by atoms with Gasteiger partial charge >= 0.3 is 0 Å². The molecule has 4 rings (SSSR count). The van der Waals surface area contributed by atoms with Gasteiger partial charge in [0.25, 0.3) is 0 Å². The van der Waals surface area contributed by atoms with Crippen molar-refractivity contribution in [1.82, 2.24) is 0 Å². The van der Waals surface area contributed by atoms with E-state index in [2.05, 4.69) is 68.6 Å². The molecule has 1 aliphatic heterocycles. The first-order valence-electron chi connectivity index (χ1n) is 9.90. The van der Waals surface area contributed by atoms with Crippen LogP contribution in [0.5, 0.6) is 5.75 Å². The largest absolute Gasteiger partial charge is 0.489 e. The minimum Gasteiger partial charge on any atom is -0.489 e. The molecule has 0 atom stereocenters. The van der Waals surface area contributed by atoms with E-state index in [0.717, 1.165) is 53.3 Å². The van der Waals surface area contributed by atoms with Crippen molar-refractivity contribution in [3.63, 3.8) is 0 Å². The SMILES string of the molecule is Brc1ccc(OCc2ccccc2)c(CNc2ccc(N3CCOCC3)cc2)c1. The molecule has 0 spiro atoms. The summed E-state index contributed by atoms with van der Waals surface area (Å²) in [6.07, 6.45) is 0. The van der Waals surface area contributed by atoms with E-state index >= 15 is 0 Å². The van der Waals surface area contributed by atoms with Crippen LogP contribution in [0.25, 0.3) is 0 Å². The topological polar surface area (TPSA) is 33.7 Å². The molecule has 1 N–H and O–H groups in total. The maximum Gasteiger partial charge on any atom is 0.124 e. The lowest BCUT2D eigenvalue weighted by Crippen LogP contribution is -2.36. The van der Waals surface area contributed by atoms with Gasteiger partial charge in [0.1, 0.15) is 12.4 Å². The van der Waals surface area contributed by atoms with Gasteiger partial charge in [-0.15, -0.1) is 0 Å². The second kappa shape index (κ2) is 9.81. The van der Waals surface area contributed by atoms with Gasteiger partial charge in [0.05, 0.1) is 13.2 Å². The fraction of sp³-hybridized carbons (Fsp3) is 0.250. The summed E-state index contributed by atoms with van der Waals surface area (Å²) in [6.45, 7) is 4.76. The molecule has 3 aromatic rings. The third kappa shape index (κ3) is 5.52. The summed E-state index contributed by atoms with van der Waals surface area (Å²) in [6, 6.07) is 25.0. The van der Waals surface area contributed by atoms with Gasteiger partial charge in [-0.25, -0.2) is 0 Å². The van der Waals surface area contributed by atoms with Crippen molar-refractivity contribution in [1.29, 1.82) is 0 Å². The smallest absolute Gasteiger partial charge is 0.124 e. The Morgan fingerprint density at radius 3 is 2.45 bits per heavy atom. The summed E-state index contributed by atoms with van der Waals surface area (Å²) in [4.78, 5) is 2.36. The van der Waals surface area contributed by atoms with Crippen LogP contribution in [0, 0.1) is 0 Å². The molecule has 0 bridgehead atoms. The lowest BCUT2D eigenvalue weighted by molar-refractivity contribution is 0.122. The van der Waals surface area contributed by atoms with Gasteiger partial charge in [-0.2, -0.15) is 0 Å². The molecule has 0 unspecified atom stereocenters. The van der Waals surface area contributed by atoms with Crippen LogP contribution in [-0.2, 0) is 17.9 Å². The van der Waals surface area contributed by atoms with Crippen LogP contribution in [0.2, 0.25) is 0 Å². The molecule has 3 aromatic carbocycles. The molecular formula is C24H25BrN2O2. The number of morpholine rings is 1. The Morgan fingerprint density at radius 2 is 1.69 bits per heavy atom. The first kappa shape index (κ1) is 19.8. The monoisotopic (exact) mass is 452 g/mol. The van der Waals surface area contributed by atoms with Gasteiger partial charge in [-0.1, -0.05) is 46.3 Å². The number of rotatable bonds is 7. The number of hydrogen-bond acceptors (Lipinski definition) is 4. The van der Waals surface area contributed by atoms with Crippen LogP contribution >= 0.6 is 15.9 Å². The Balaban J connectivity index is 1.39. The van der Waals surface area contributed by atoms with Gasteiger partial charge < -0.3 is 19.7 Å². The van der Waals surface area contributed by atoms with Gasteiger partial charge in [0, 0.05) is 41.0 Å². The van der Waals surface area contributed by atoms with Crippen LogP contribution in [0.4, 0.5) is 11.4 Å². The highest BCUT2D eigenvalue weighted by molar-refractivity contribution is 9.10. The normalized spacial score (nSPS) is 13.9. The average molecular weight is 453 g/mol. The predicted molar refractivity (Wildman–Crippen MR) is 122 cm³/mol. The van der Waals surface area contributed by atoms with Gasteiger partial charge in [-0.05, 0) is 48.0 Å². The summed E-state index contributed by atoms with van der Waals surface area (Å²) >= 11 is 3.57. The van der Waals surface area contributed by atoms with Crippen LogP contribution in [-0.4, -0.2) is 26.3 Å². The van der Waals surface area contributed by atoms with Crippen molar-refractivity contribution in [3.05, 3.63) is 88.4 Å². The van der Waals surface area contributed by atoms with E-state index in [1.807, 2.05) is 30.3 Å². The fourth-order valence-corrected chi connectivity index (χ4v) is 3.78. The molecular weight excluding hydrogens is 428 g/mol. The summed E-state index contributed by atoms with van der Waals surface area (Å²) < 4.78 is 12.6. The molecule has 150 valence electrons. The quantitative estimate of drug-likeness (QED) is 0.514. The zero-order valence-electron chi connectivity index (χ0n) is 16.3. The molecule has 29 heavy (non-hydrogen) atoms. The first-order chi connectivity index (χ1) is 14.3. The van der Waals surface area contributed by atoms with E-state index in [1.165, 1.54) is 5.69 Å². The van der Waals surface area contributed by atoms with Crippen LogP contribution in [0.3, 0.4) is 0 Å². The van der Waals surface area contributed by atoms with Crippen LogP contribution in [0.15, 0.2) is 77.3 Å². The summed E-state index contributed by atoms with van der Waals surface area (Å²) in [5.41, 5.74) is 4.62. The number of anilines is 2. The molecule has 1 heterocycles. The minimum atomic E-state index is 0.559. The van der Waals surface area contributed by atoms with Crippen LogP contribution in [0.1, 0.15) is 11.1 Å². The molecule has 0 aliphatic carbocycles. The Hall–Kier alpha value is -2.50. The lowest BCUT2D eigenvalue weighted by Gasteiger charge is -2.29. The molecule has 5 heteroatoms. The molecule has 0 amide bonds. The molecule has 0 saturated carbocycles. The first-order valence-corrected chi connectivity index (χ1v) is 10.7. The van der Waals surface area contributed by atoms with Crippen molar-refractivity contribution in [2.24, 2.45) is 0 Å². The van der Waals surface area contributed by atoms with Gasteiger partial charge in [0.2, 0.25) is 0 Å². The van der Waals surface area contributed by atoms with Crippen molar-refractivity contribution >= 4 is 27.3 Å². The van der Waals surface area contributed by atoms with Gasteiger partial charge in [0.15, 0.2) is 0 Å². The van der Waals surface area contributed by atoms with E-state index in [9.17, 15) is 0 Å². The second-order valence-corrected chi connectivity index (χ2v) is 7.94. The Kier molecular flexibility index (Phi) is 6.70. The van der Waals surface area contributed by atoms with E-state index in [1.54, 1.807) is 0 Å². The Bertz CT molecular complexity index is 910. The highest BCUT2D eigenvalue weighted by Gasteiger charge is 2.11. The number of halogens is 1. The van der Waals surface area contributed by atoms with E-state index in [-0.39, 0.29) is 0 Å². The van der Waals surface area contributed by atoms with E-state index in [4.69, 9.17) is 9.47 Å². The van der Waals surface area contributed by atoms with Crippen molar-refractivity contribution < 1.29 is 9.47 Å². The second-order valence-electron chi connectivity index (χ2n) is 7.03. The van der Waals surface area contributed by atoms with E-state index < -0.39 is 0 Å². The fourth-order valence-electron chi connectivity index (χ4n) is 3.37. The van der Waals surface area contributed by atoms with Crippen molar-refractivity contribution in [3.8, 4) is 5.75 Å². The predicted octanol–water partition coefficient (Wildman–Crippen LogP) is 5.48. The minimum absolute atomic E-state index is 0.559.